The lowest BCUT2D eigenvalue weighted by Gasteiger charge is -2.16. The van der Waals surface area contributed by atoms with Crippen LogP contribution in [0.3, 0.4) is 0 Å². The monoisotopic (exact) mass is 400 g/mol. The molecule has 1 atom stereocenters. The van der Waals surface area contributed by atoms with E-state index in [0.29, 0.717) is 18.0 Å². The third-order valence-electron chi connectivity index (χ3n) is 4.22. The molecular weight excluding hydrogens is 372 g/mol. The van der Waals surface area contributed by atoms with E-state index < -0.39 is 0 Å². The van der Waals surface area contributed by atoms with E-state index in [1.807, 2.05) is 58.0 Å². The summed E-state index contributed by atoms with van der Waals surface area (Å²) in [6.45, 7) is 10.2. The molecule has 0 spiro atoms. The lowest BCUT2D eigenvalue weighted by atomic mass is 10.1. The number of benzene rings is 2. The predicted octanol–water partition coefficient (Wildman–Crippen LogP) is 4.71. The largest absolute Gasteiger partial charge is 0.492 e. The first-order valence-corrected chi connectivity index (χ1v) is 10.4. The minimum Gasteiger partial charge on any atom is -0.492 e. The third kappa shape index (κ3) is 6.02. The molecule has 0 heterocycles. The molecule has 0 unspecified atom stereocenters. The van der Waals surface area contributed by atoms with Gasteiger partial charge in [0.2, 0.25) is 11.8 Å². The molecule has 28 heavy (non-hydrogen) atoms. The fraction of sp³-hybridized carbons (Fsp3) is 0.364. The second kappa shape index (κ2) is 10.2. The Balaban J connectivity index is 1.90. The highest BCUT2D eigenvalue weighted by molar-refractivity contribution is 8.01. The summed E-state index contributed by atoms with van der Waals surface area (Å²) in [6.07, 6.45) is 0. The number of para-hydroxylation sites is 2. The molecule has 2 rings (SSSR count). The molecule has 6 heteroatoms. The topological polar surface area (TPSA) is 67.4 Å². The fourth-order valence-corrected chi connectivity index (χ4v) is 3.60. The average Bonchev–Trinajstić information content (AvgIpc) is 2.64. The number of hydrogen-bond donors (Lipinski definition) is 2. The van der Waals surface area contributed by atoms with Crippen LogP contribution in [0.2, 0.25) is 0 Å². The van der Waals surface area contributed by atoms with Crippen molar-refractivity contribution in [1.29, 1.82) is 0 Å². The maximum absolute atomic E-state index is 12.5. The van der Waals surface area contributed by atoms with Crippen LogP contribution in [0.5, 0.6) is 5.75 Å². The van der Waals surface area contributed by atoms with Crippen molar-refractivity contribution in [2.24, 2.45) is 0 Å². The predicted molar refractivity (Wildman–Crippen MR) is 117 cm³/mol. The molecule has 2 amide bonds. The van der Waals surface area contributed by atoms with E-state index in [1.165, 1.54) is 17.3 Å². The molecule has 0 saturated carbocycles. The van der Waals surface area contributed by atoms with Gasteiger partial charge in [0.25, 0.3) is 0 Å². The fourth-order valence-electron chi connectivity index (χ4n) is 2.92. The summed E-state index contributed by atoms with van der Waals surface area (Å²) in [6, 6.07) is 11.4. The number of rotatable bonds is 8. The Morgan fingerprint density at radius 3 is 2.36 bits per heavy atom. The van der Waals surface area contributed by atoms with Crippen LogP contribution >= 0.6 is 11.8 Å². The van der Waals surface area contributed by atoms with E-state index in [0.717, 1.165) is 16.8 Å². The summed E-state index contributed by atoms with van der Waals surface area (Å²) in [5, 5.41) is 5.49. The van der Waals surface area contributed by atoms with Crippen LogP contribution in [0.25, 0.3) is 0 Å². The molecule has 150 valence electrons. The van der Waals surface area contributed by atoms with E-state index >= 15 is 0 Å². The maximum atomic E-state index is 12.5. The van der Waals surface area contributed by atoms with Gasteiger partial charge in [-0.1, -0.05) is 29.8 Å². The first-order chi connectivity index (χ1) is 13.3. The molecule has 0 aliphatic rings. The van der Waals surface area contributed by atoms with E-state index in [9.17, 15) is 9.59 Å². The summed E-state index contributed by atoms with van der Waals surface area (Å²) >= 11 is 1.30. The molecule has 5 nitrogen and oxygen atoms in total. The number of aryl methyl sites for hydroxylation is 3. The number of ether oxygens (including phenoxy) is 1. The Kier molecular flexibility index (Phi) is 7.93. The number of nitrogens with one attached hydrogen (secondary N) is 2. The van der Waals surface area contributed by atoms with Crippen LogP contribution in [0, 0.1) is 20.8 Å². The van der Waals surface area contributed by atoms with Crippen molar-refractivity contribution in [3.05, 3.63) is 53.1 Å². The van der Waals surface area contributed by atoms with Gasteiger partial charge in [-0.3, -0.25) is 9.59 Å². The minimum atomic E-state index is -0.354. The van der Waals surface area contributed by atoms with E-state index in [-0.39, 0.29) is 22.8 Å². The summed E-state index contributed by atoms with van der Waals surface area (Å²) < 4.78 is 5.51. The number of carbonyl (C=O) groups excluding carboxylic acids is 2. The van der Waals surface area contributed by atoms with Crippen molar-refractivity contribution in [3.8, 4) is 5.75 Å². The van der Waals surface area contributed by atoms with E-state index in [2.05, 4.69) is 10.6 Å². The Morgan fingerprint density at radius 2 is 1.71 bits per heavy atom. The van der Waals surface area contributed by atoms with Crippen molar-refractivity contribution in [2.75, 3.05) is 23.0 Å². The molecule has 0 aliphatic carbocycles. The molecule has 0 aromatic heterocycles. The standard InChI is InChI=1S/C22H28N2O3S/c1-6-27-19-10-8-7-9-18(19)23-20(25)13-28-17(5)22(26)24-21-15(3)11-14(2)12-16(21)4/h7-12,17H,6,13H2,1-5H3,(H,23,25)(H,24,26)/t17-/m1/s1. The summed E-state index contributed by atoms with van der Waals surface area (Å²) in [4.78, 5) is 24.8. The van der Waals surface area contributed by atoms with Gasteiger partial charge >= 0.3 is 0 Å². The Labute approximate surface area is 171 Å². The second-order valence-electron chi connectivity index (χ2n) is 6.69. The molecular formula is C22H28N2O3S. The summed E-state index contributed by atoms with van der Waals surface area (Å²) in [5.74, 6) is 0.544. The zero-order valence-corrected chi connectivity index (χ0v) is 17.9. The van der Waals surface area contributed by atoms with Crippen molar-refractivity contribution < 1.29 is 14.3 Å². The van der Waals surface area contributed by atoms with E-state index in [1.54, 1.807) is 13.0 Å². The summed E-state index contributed by atoms with van der Waals surface area (Å²) in [7, 11) is 0. The highest BCUT2D eigenvalue weighted by Gasteiger charge is 2.18. The Bertz CT molecular complexity index is 828. The first kappa shape index (κ1) is 21.8. The van der Waals surface area contributed by atoms with Gasteiger partial charge in [0, 0.05) is 5.69 Å². The molecule has 0 bridgehead atoms. The molecule has 0 radical (unpaired) electrons. The van der Waals surface area contributed by atoms with Crippen molar-refractivity contribution in [2.45, 2.75) is 39.9 Å². The second-order valence-corrected chi connectivity index (χ2v) is 8.02. The highest BCUT2D eigenvalue weighted by Crippen LogP contribution is 2.25. The zero-order chi connectivity index (χ0) is 20.7. The van der Waals surface area contributed by atoms with Crippen molar-refractivity contribution >= 4 is 35.0 Å². The number of carbonyl (C=O) groups is 2. The number of amides is 2. The quantitative estimate of drug-likeness (QED) is 0.673. The lowest BCUT2D eigenvalue weighted by Crippen LogP contribution is -2.25. The van der Waals surface area contributed by atoms with Gasteiger partial charge in [0.1, 0.15) is 5.75 Å². The van der Waals surface area contributed by atoms with Crippen LogP contribution in [-0.4, -0.2) is 29.4 Å². The maximum Gasteiger partial charge on any atom is 0.237 e. The smallest absolute Gasteiger partial charge is 0.237 e. The number of anilines is 2. The van der Waals surface area contributed by atoms with Crippen LogP contribution in [0.4, 0.5) is 11.4 Å². The molecule has 2 aromatic rings. The SMILES string of the molecule is CCOc1ccccc1NC(=O)CS[C@H](C)C(=O)Nc1c(C)cc(C)cc1C. The van der Waals surface area contributed by atoms with Gasteiger partial charge < -0.3 is 15.4 Å². The number of thioether (sulfide) groups is 1. The average molecular weight is 401 g/mol. The Morgan fingerprint density at radius 1 is 1.07 bits per heavy atom. The molecule has 0 aliphatic heterocycles. The van der Waals surface area contributed by atoms with Crippen LogP contribution < -0.4 is 15.4 Å². The molecule has 0 fully saturated rings. The highest BCUT2D eigenvalue weighted by atomic mass is 32.2. The minimum absolute atomic E-state index is 0.109. The van der Waals surface area contributed by atoms with Gasteiger partial charge in [-0.05, 0) is 57.9 Å². The van der Waals surface area contributed by atoms with Gasteiger partial charge in [-0.25, -0.2) is 0 Å². The van der Waals surface area contributed by atoms with Gasteiger partial charge in [-0.2, -0.15) is 0 Å². The zero-order valence-electron chi connectivity index (χ0n) is 17.1. The van der Waals surface area contributed by atoms with Crippen molar-refractivity contribution in [3.63, 3.8) is 0 Å². The Hall–Kier alpha value is -2.47. The molecule has 2 aromatic carbocycles. The third-order valence-corrected chi connectivity index (χ3v) is 5.36. The van der Waals surface area contributed by atoms with Gasteiger partial charge in [0.05, 0.1) is 23.3 Å². The van der Waals surface area contributed by atoms with Gasteiger partial charge in [-0.15, -0.1) is 11.8 Å². The van der Waals surface area contributed by atoms with Crippen LogP contribution in [0.15, 0.2) is 36.4 Å². The molecule has 0 saturated heterocycles. The summed E-state index contributed by atoms with van der Waals surface area (Å²) in [5.41, 5.74) is 4.72. The first-order valence-electron chi connectivity index (χ1n) is 9.33. The van der Waals surface area contributed by atoms with Crippen molar-refractivity contribution in [1.82, 2.24) is 0 Å². The van der Waals surface area contributed by atoms with Crippen LogP contribution in [0.1, 0.15) is 30.5 Å². The normalized spacial score (nSPS) is 11.6. The lowest BCUT2D eigenvalue weighted by molar-refractivity contribution is -0.115. The number of hydrogen-bond acceptors (Lipinski definition) is 4. The molecule has 2 N–H and O–H groups in total. The van der Waals surface area contributed by atoms with Gasteiger partial charge in [0.15, 0.2) is 0 Å². The van der Waals surface area contributed by atoms with Crippen LogP contribution in [-0.2, 0) is 9.59 Å². The van der Waals surface area contributed by atoms with E-state index in [4.69, 9.17) is 4.74 Å².